The van der Waals surface area contributed by atoms with E-state index in [0.29, 0.717) is 6.04 Å². The lowest BCUT2D eigenvalue weighted by Gasteiger charge is -2.31. The quantitative estimate of drug-likeness (QED) is 0.764. The number of rotatable bonds is 7. The summed E-state index contributed by atoms with van der Waals surface area (Å²) < 4.78 is 28.7. The Morgan fingerprint density at radius 1 is 1.14 bits per heavy atom. The van der Waals surface area contributed by atoms with Crippen LogP contribution in [0.3, 0.4) is 0 Å². The van der Waals surface area contributed by atoms with Gasteiger partial charge in [-0.2, -0.15) is 0 Å². The van der Waals surface area contributed by atoms with Crippen LogP contribution in [0.5, 0.6) is 5.75 Å². The van der Waals surface area contributed by atoms with Gasteiger partial charge in [-0.1, -0.05) is 31.4 Å². The first-order valence-corrected chi connectivity index (χ1v) is 9.35. The third-order valence-corrected chi connectivity index (χ3v) is 6.33. The lowest BCUT2D eigenvalue weighted by Crippen LogP contribution is -2.35. The number of nitrogens with one attached hydrogen (secondary N) is 1. The summed E-state index contributed by atoms with van der Waals surface area (Å²) in [6, 6.07) is 7.90. The van der Waals surface area contributed by atoms with Crippen molar-refractivity contribution in [3.05, 3.63) is 29.8 Å². The van der Waals surface area contributed by atoms with E-state index >= 15 is 0 Å². The Morgan fingerprint density at radius 3 is 2.41 bits per heavy atom. The van der Waals surface area contributed by atoms with Crippen molar-refractivity contribution in [2.24, 2.45) is 0 Å². The molecule has 1 saturated carbocycles. The van der Waals surface area contributed by atoms with Gasteiger partial charge in [-0.15, -0.1) is 0 Å². The van der Waals surface area contributed by atoms with Gasteiger partial charge in [0.1, 0.15) is 11.5 Å². The molecule has 22 heavy (non-hydrogen) atoms. The minimum atomic E-state index is -3.28. The van der Waals surface area contributed by atoms with E-state index in [0.717, 1.165) is 24.2 Å². The zero-order valence-electron chi connectivity index (χ0n) is 13.6. The maximum atomic E-state index is 13.0. The van der Waals surface area contributed by atoms with Crippen molar-refractivity contribution in [3.63, 3.8) is 0 Å². The molecule has 0 saturated heterocycles. The highest BCUT2D eigenvalue weighted by Crippen LogP contribution is 2.59. The first kappa shape index (κ1) is 17.5. The molecule has 1 unspecified atom stereocenters. The summed E-state index contributed by atoms with van der Waals surface area (Å²) in [5, 5.41) is 3.50. The lowest BCUT2D eigenvalue weighted by atomic mass is 9.95. The van der Waals surface area contributed by atoms with Crippen LogP contribution in [0.25, 0.3) is 0 Å². The van der Waals surface area contributed by atoms with E-state index < -0.39 is 13.4 Å². The van der Waals surface area contributed by atoms with E-state index in [1.165, 1.54) is 33.5 Å². The summed E-state index contributed by atoms with van der Waals surface area (Å²) in [7, 11) is 1.20. The minimum Gasteiger partial charge on any atom is -0.497 e. The van der Waals surface area contributed by atoms with Crippen molar-refractivity contribution in [1.82, 2.24) is 5.32 Å². The van der Waals surface area contributed by atoms with Gasteiger partial charge in [0.2, 0.25) is 0 Å². The van der Waals surface area contributed by atoms with Gasteiger partial charge in [0.25, 0.3) is 0 Å². The number of ether oxygens (including phenoxy) is 1. The van der Waals surface area contributed by atoms with Crippen molar-refractivity contribution in [1.29, 1.82) is 0 Å². The van der Waals surface area contributed by atoms with Crippen LogP contribution < -0.4 is 10.1 Å². The minimum absolute atomic E-state index is 0.337. The van der Waals surface area contributed by atoms with E-state index in [9.17, 15) is 4.57 Å². The summed E-state index contributed by atoms with van der Waals surface area (Å²) >= 11 is 0. The fraction of sp³-hybridized carbons (Fsp3) is 0.625. The smallest absolute Gasteiger partial charge is 0.351 e. The number of methoxy groups -OCH3 is 1. The molecule has 1 N–H and O–H groups in total. The van der Waals surface area contributed by atoms with Crippen molar-refractivity contribution in [3.8, 4) is 5.75 Å². The Bertz CT molecular complexity index is 509. The number of hydrogen-bond donors (Lipinski definition) is 1. The second-order valence-corrected chi connectivity index (χ2v) is 7.91. The summed E-state index contributed by atoms with van der Waals surface area (Å²) in [6.45, 7) is 0. The molecular weight excluding hydrogens is 301 g/mol. The molecule has 0 bridgehead atoms. The Hall–Kier alpha value is -0.870. The van der Waals surface area contributed by atoms with Crippen LogP contribution in [0.4, 0.5) is 0 Å². The predicted molar refractivity (Wildman–Crippen MR) is 87.4 cm³/mol. The Balaban J connectivity index is 2.29. The molecular formula is C16H26NO4P. The lowest BCUT2D eigenvalue weighted by molar-refractivity contribution is 0.249. The van der Waals surface area contributed by atoms with Crippen molar-refractivity contribution in [2.45, 2.75) is 43.9 Å². The molecule has 1 aromatic rings. The Labute approximate surface area is 132 Å². The average molecular weight is 327 g/mol. The standard InChI is InChI=1S/C16H26NO4P/c1-19-15-11-7-8-13(12-15)16(22(18,20-2)21-3)17-14-9-5-4-6-10-14/h7-8,11-12,14,16-17H,4-6,9-10H2,1-3H3. The summed E-state index contributed by atoms with van der Waals surface area (Å²) in [5.41, 5.74) is 0.858. The zero-order valence-corrected chi connectivity index (χ0v) is 14.5. The van der Waals surface area contributed by atoms with Crippen molar-refractivity contribution >= 4 is 7.60 Å². The molecule has 1 aromatic carbocycles. The second-order valence-electron chi connectivity index (χ2n) is 5.59. The molecule has 2 rings (SSSR count). The van der Waals surface area contributed by atoms with Gasteiger partial charge in [0.15, 0.2) is 0 Å². The molecule has 1 aliphatic rings. The van der Waals surface area contributed by atoms with Crippen LogP contribution in [0.2, 0.25) is 0 Å². The summed E-state index contributed by atoms with van der Waals surface area (Å²) in [4.78, 5) is 0. The Morgan fingerprint density at radius 2 is 1.82 bits per heavy atom. The van der Waals surface area contributed by atoms with Crippen LogP contribution in [0.1, 0.15) is 43.5 Å². The summed E-state index contributed by atoms with van der Waals surface area (Å²) in [5.74, 6) is 0.243. The summed E-state index contributed by atoms with van der Waals surface area (Å²) in [6.07, 6.45) is 5.86. The van der Waals surface area contributed by atoms with E-state index in [1.807, 2.05) is 24.3 Å². The predicted octanol–water partition coefficient (Wildman–Crippen LogP) is 4.10. The molecule has 0 heterocycles. The zero-order chi connectivity index (χ0) is 16.0. The topological polar surface area (TPSA) is 56.8 Å². The molecule has 0 aromatic heterocycles. The molecule has 0 amide bonds. The van der Waals surface area contributed by atoms with Gasteiger partial charge in [-0.3, -0.25) is 9.88 Å². The van der Waals surface area contributed by atoms with Crippen molar-refractivity contribution in [2.75, 3.05) is 21.3 Å². The fourth-order valence-corrected chi connectivity index (χ4v) is 4.45. The maximum Gasteiger partial charge on any atom is 0.351 e. The highest BCUT2D eigenvalue weighted by atomic mass is 31.2. The van der Waals surface area contributed by atoms with E-state index in [1.54, 1.807) is 7.11 Å². The number of hydrogen-bond acceptors (Lipinski definition) is 5. The highest BCUT2D eigenvalue weighted by Gasteiger charge is 2.37. The largest absolute Gasteiger partial charge is 0.497 e. The van der Waals surface area contributed by atoms with E-state index in [2.05, 4.69) is 5.32 Å². The molecule has 1 atom stereocenters. The molecule has 0 radical (unpaired) electrons. The van der Waals surface area contributed by atoms with Crippen LogP contribution in [0, 0.1) is 0 Å². The first-order chi connectivity index (χ1) is 10.6. The van der Waals surface area contributed by atoms with Gasteiger partial charge in [-0.05, 0) is 30.5 Å². The van der Waals surface area contributed by atoms with Gasteiger partial charge in [-0.25, -0.2) is 0 Å². The monoisotopic (exact) mass is 327 g/mol. The molecule has 5 nitrogen and oxygen atoms in total. The highest BCUT2D eigenvalue weighted by molar-refractivity contribution is 7.54. The van der Waals surface area contributed by atoms with Gasteiger partial charge in [0, 0.05) is 20.3 Å². The van der Waals surface area contributed by atoms with Gasteiger partial charge < -0.3 is 13.8 Å². The van der Waals surface area contributed by atoms with E-state index in [4.69, 9.17) is 13.8 Å². The van der Waals surface area contributed by atoms with Crippen LogP contribution in [0.15, 0.2) is 24.3 Å². The molecule has 6 heteroatoms. The molecule has 1 fully saturated rings. The molecule has 124 valence electrons. The second kappa shape index (κ2) is 8.11. The average Bonchev–Trinajstić information content (AvgIpc) is 2.60. The molecule has 0 spiro atoms. The van der Waals surface area contributed by atoms with Crippen LogP contribution in [-0.2, 0) is 13.6 Å². The van der Waals surface area contributed by atoms with Gasteiger partial charge >= 0.3 is 7.60 Å². The SMILES string of the molecule is COc1cccc(C(NC2CCCCC2)P(=O)(OC)OC)c1. The van der Waals surface area contributed by atoms with Crippen LogP contribution in [-0.4, -0.2) is 27.4 Å². The first-order valence-electron chi connectivity index (χ1n) is 7.74. The molecule has 0 aliphatic heterocycles. The van der Waals surface area contributed by atoms with Crippen LogP contribution >= 0.6 is 7.60 Å². The normalized spacial score (nSPS) is 18.1. The fourth-order valence-electron chi connectivity index (χ4n) is 2.96. The van der Waals surface area contributed by atoms with Gasteiger partial charge in [0.05, 0.1) is 7.11 Å². The Kier molecular flexibility index (Phi) is 6.45. The van der Waals surface area contributed by atoms with E-state index in [-0.39, 0.29) is 0 Å². The third-order valence-electron chi connectivity index (χ3n) is 4.23. The molecule has 1 aliphatic carbocycles. The third kappa shape index (κ3) is 4.11. The number of benzene rings is 1. The van der Waals surface area contributed by atoms with Crippen molar-refractivity contribution < 1.29 is 18.3 Å². The maximum absolute atomic E-state index is 13.0.